The molecule has 0 bridgehead atoms. The summed E-state index contributed by atoms with van der Waals surface area (Å²) in [5.41, 5.74) is 9.04. The van der Waals surface area contributed by atoms with E-state index in [0.717, 1.165) is 85.8 Å². The fraction of sp³-hybridized carbons (Fsp3) is 0.594. The molecule has 4 aliphatic rings. The fourth-order valence-electron chi connectivity index (χ4n) is 8.48. The summed E-state index contributed by atoms with van der Waals surface area (Å²) in [7, 11) is 4.11. The third-order valence-corrected chi connectivity index (χ3v) is 11.7. The molecule has 3 unspecified atom stereocenters. The second kappa shape index (κ2) is 10.5. The number of rotatable bonds is 6. The molecule has 45 heavy (non-hydrogen) atoms. The number of nitrogens with two attached hydrogens (primary N) is 1. The highest BCUT2D eigenvalue weighted by Crippen LogP contribution is 2.55. The first-order valence-electron chi connectivity index (χ1n) is 16.0. The van der Waals surface area contributed by atoms with Gasteiger partial charge in [0, 0.05) is 23.5 Å². The summed E-state index contributed by atoms with van der Waals surface area (Å²) in [5, 5.41) is 32.0. The van der Waals surface area contributed by atoms with Crippen molar-refractivity contribution in [3.8, 4) is 17.6 Å². The molecular weight excluding hydrogens is 590 g/mol. The van der Waals surface area contributed by atoms with Crippen LogP contribution in [0.15, 0.2) is 10.7 Å². The molecule has 1 spiro atoms. The van der Waals surface area contributed by atoms with Crippen molar-refractivity contribution in [2.45, 2.75) is 81.4 Å². The molecule has 3 N–H and O–H groups in total. The van der Waals surface area contributed by atoms with E-state index in [-0.39, 0.29) is 6.04 Å². The van der Waals surface area contributed by atoms with Gasteiger partial charge in [0.25, 0.3) is 0 Å². The summed E-state index contributed by atoms with van der Waals surface area (Å²) >= 11 is 1.54. The first kappa shape index (κ1) is 28.9. The quantitative estimate of drug-likeness (QED) is 0.320. The highest BCUT2D eigenvalue weighted by atomic mass is 32.1. The van der Waals surface area contributed by atoms with Crippen LogP contribution in [0.1, 0.15) is 78.8 Å². The zero-order valence-corrected chi connectivity index (χ0v) is 26.9. The Morgan fingerprint density at radius 2 is 2.04 bits per heavy atom. The van der Waals surface area contributed by atoms with Crippen LogP contribution >= 0.6 is 11.3 Å². The lowest BCUT2D eigenvalue weighted by Crippen LogP contribution is -2.56. The Morgan fingerprint density at radius 1 is 1.24 bits per heavy atom. The monoisotopic (exact) mass is 629 g/mol. The molecule has 6 heterocycles. The number of hydrogen-bond acceptors (Lipinski definition) is 12. The van der Waals surface area contributed by atoms with Gasteiger partial charge in [-0.25, -0.2) is 14.6 Å². The molecule has 2 aliphatic carbocycles. The van der Waals surface area contributed by atoms with E-state index in [1.807, 2.05) is 22.8 Å². The number of nitriles is 1. The summed E-state index contributed by atoms with van der Waals surface area (Å²) in [6, 6.07) is 2.86. The summed E-state index contributed by atoms with van der Waals surface area (Å²) in [6.07, 6.45) is 9.55. The van der Waals surface area contributed by atoms with Crippen LogP contribution in [0.25, 0.3) is 22.6 Å². The number of anilines is 2. The molecule has 0 amide bonds. The zero-order chi connectivity index (χ0) is 31.1. The van der Waals surface area contributed by atoms with Gasteiger partial charge in [-0.1, -0.05) is 5.16 Å². The highest BCUT2D eigenvalue weighted by Gasteiger charge is 2.49. The minimum Gasteiger partial charge on any atom is -0.389 e. The third-order valence-electron chi connectivity index (χ3n) is 10.7. The number of hydrogen-bond donors (Lipinski definition) is 2. The van der Waals surface area contributed by atoms with Gasteiger partial charge in [-0.2, -0.15) is 10.4 Å². The number of fused-ring (bicyclic) bond motifs is 5. The molecule has 0 radical (unpaired) electrons. The number of aromatic nitrogens is 5. The van der Waals surface area contributed by atoms with E-state index in [0.29, 0.717) is 53.7 Å². The number of likely N-dealkylation sites (tertiary alicyclic amines) is 1. The van der Waals surface area contributed by atoms with Crippen molar-refractivity contribution in [3.63, 3.8) is 0 Å². The Balaban J connectivity index is 1.28. The summed E-state index contributed by atoms with van der Waals surface area (Å²) in [5.74, 6) is 2.00. The molecule has 8 rings (SSSR count). The smallest absolute Gasteiger partial charge is 0.186 e. The van der Waals surface area contributed by atoms with Crippen LogP contribution in [0.5, 0.6) is 0 Å². The number of aryl methyl sites for hydroxylation is 1. The molecule has 2 fully saturated rings. The molecule has 0 saturated carbocycles. The van der Waals surface area contributed by atoms with Gasteiger partial charge in [-0.05, 0) is 77.4 Å². The average molecular weight is 630 g/mol. The zero-order valence-electron chi connectivity index (χ0n) is 26.0. The molecule has 4 aromatic heterocycles. The van der Waals surface area contributed by atoms with Gasteiger partial charge in [0.05, 0.1) is 48.4 Å². The van der Waals surface area contributed by atoms with Gasteiger partial charge in [-0.3, -0.25) is 0 Å². The van der Waals surface area contributed by atoms with Crippen LogP contribution in [0.4, 0.5) is 10.8 Å². The molecule has 4 aromatic rings. The predicted octanol–water partition coefficient (Wildman–Crippen LogP) is 3.81. The lowest BCUT2D eigenvalue weighted by Gasteiger charge is -2.39. The largest absolute Gasteiger partial charge is 0.389 e. The Labute approximate surface area is 265 Å². The standard InChI is InChI=1S/C32H39N9O3S/c1-18(22-8-6-12-39(22)2)41-30-21(14-35-41)29(40(3)15-31(42)16-43-17-31)36-28(37-30)25-19-7-4-10-32(26(19)44-38-25)11-5-9-23-24(32)20(13-33)27(34)45-23/h14,18,22,42H,4-12,15-17,34H2,1-3H3. The molecule has 13 heteroatoms. The van der Waals surface area contributed by atoms with Crippen molar-refractivity contribution < 1.29 is 14.4 Å². The third kappa shape index (κ3) is 4.33. The highest BCUT2D eigenvalue weighted by molar-refractivity contribution is 7.16. The molecule has 12 nitrogen and oxygen atoms in total. The van der Waals surface area contributed by atoms with Crippen LogP contribution < -0.4 is 10.6 Å². The topological polar surface area (TPSA) is 155 Å². The Hall–Kier alpha value is -3.57. The normalized spacial score (nSPS) is 24.7. The molecule has 236 valence electrons. The van der Waals surface area contributed by atoms with Crippen molar-refractivity contribution in [1.29, 1.82) is 5.26 Å². The second-order valence-electron chi connectivity index (χ2n) is 13.6. The van der Waals surface area contributed by atoms with Crippen molar-refractivity contribution in [1.82, 2.24) is 29.8 Å². The first-order valence-corrected chi connectivity index (χ1v) is 16.8. The number of thiophene rings is 1. The van der Waals surface area contributed by atoms with E-state index < -0.39 is 11.0 Å². The number of aliphatic hydroxyl groups is 1. The van der Waals surface area contributed by atoms with Crippen LogP contribution in [0.3, 0.4) is 0 Å². The van der Waals surface area contributed by atoms with E-state index >= 15 is 0 Å². The summed E-state index contributed by atoms with van der Waals surface area (Å²) in [4.78, 5) is 15.8. The Bertz CT molecular complexity index is 1830. The molecule has 2 saturated heterocycles. The lowest BCUT2D eigenvalue weighted by molar-refractivity contribution is -0.171. The molecule has 2 aliphatic heterocycles. The first-order chi connectivity index (χ1) is 21.7. The molecule has 3 atom stereocenters. The summed E-state index contributed by atoms with van der Waals surface area (Å²) < 4.78 is 13.7. The lowest BCUT2D eigenvalue weighted by atomic mass is 9.63. The number of nitrogens with zero attached hydrogens (tertiary/aromatic N) is 8. The number of ether oxygens (including phenoxy) is 1. The van der Waals surface area contributed by atoms with Gasteiger partial charge in [0.15, 0.2) is 22.9 Å². The van der Waals surface area contributed by atoms with Crippen molar-refractivity contribution in [2.24, 2.45) is 0 Å². The van der Waals surface area contributed by atoms with E-state index in [2.05, 4.69) is 30.1 Å². The maximum atomic E-state index is 11.0. The van der Waals surface area contributed by atoms with Crippen LogP contribution in [-0.2, 0) is 23.0 Å². The Morgan fingerprint density at radius 3 is 2.76 bits per heavy atom. The maximum Gasteiger partial charge on any atom is 0.186 e. The van der Waals surface area contributed by atoms with Crippen molar-refractivity contribution in [2.75, 3.05) is 51.0 Å². The maximum absolute atomic E-state index is 11.0. The average Bonchev–Trinajstić information content (AvgIpc) is 3.80. The Kier molecular flexibility index (Phi) is 6.73. The fourth-order valence-corrected chi connectivity index (χ4v) is 9.64. The van der Waals surface area contributed by atoms with Crippen molar-refractivity contribution >= 4 is 33.2 Å². The minimum absolute atomic E-state index is 0.101. The number of nitrogen functional groups attached to an aromatic ring is 1. The van der Waals surface area contributed by atoms with Gasteiger partial charge in [0.1, 0.15) is 22.5 Å². The predicted molar refractivity (Wildman–Crippen MR) is 170 cm³/mol. The molecule has 0 aromatic carbocycles. The van der Waals surface area contributed by atoms with Crippen molar-refractivity contribution in [3.05, 3.63) is 33.5 Å². The van der Waals surface area contributed by atoms with Gasteiger partial charge < -0.3 is 29.9 Å². The van der Waals surface area contributed by atoms with Crippen LogP contribution in [-0.4, -0.2) is 87.0 Å². The van der Waals surface area contributed by atoms with E-state index in [1.54, 1.807) is 11.3 Å². The SMILES string of the molecule is CC(C1CCCN1C)n1ncc2c(N(C)CC3(O)COC3)nc(-c3noc4c3CCCC43CCCc4sc(N)c(C#N)c43)nc21. The van der Waals surface area contributed by atoms with E-state index in [1.165, 1.54) is 4.88 Å². The van der Waals surface area contributed by atoms with Gasteiger partial charge in [0.2, 0.25) is 0 Å². The van der Waals surface area contributed by atoms with Gasteiger partial charge >= 0.3 is 0 Å². The van der Waals surface area contributed by atoms with Crippen LogP contribution in [0, 0.1) is 11.3 Å². The number of likely N-dealkylation sites (N-methyl/N-ethyl adjacent to an activating group) is 2. The van der Waals surface area contributed by atoms with E-state index in [4.69, 9.17) is 30.1 Å². The van der Waals surface area contributed by atoms with Crippen LogP contribution in [0.2, 0.25) is 0 Å². The van der Waals surface area contributed by atoms with Gasteiger partial charge in [-0.15, -0.1) is 11.3 Å². The second-order valence-corrected chi connectivity index (χ2v) is 14.7. The molecular formula is C32H39N9O3S. The minimum atomic E-state index is -0.930. The van der Waals surface area contributed by atoms with E-state index in [9.17, 15) is 10.4 Å². The summed E-state index contributed by atoms with van der Waals surface area (Å²) in [6.45, 7) is 4.23.